The second-order valence-corrected chi connectivity index (χ2v) is 8.54. The van der Waals surface area contributed by atoms with Crippen molar-refractivity contribution >= 4 is 34.8 Å². The van der Waals surface area contributed by atoms with Crippen molar-refractivity contribution in [2.45, 2.75) is 25.0 Å². The number of nitrogens with zero attached hydrogens (tertiary/aromatic N) is 4. The molecule has 1 fully saturated rings. The van der Waals surface area contributed by atoms with Gasteiger partial charge in [-0.1, -0.05) is 23.7 Å². The van der Waals surface area contributed by atoms with E-state index >= 15 is 0 Å². The Labute approximate surface area is 183 Å². The fourth-order valence-electron chi connectivity index (χ4n) is 4.40. The molecule has 2 atom stereocenters. The van der Waals surface area contributed by atoms with Gasteiger partial charge in [-0.2, -0.15) is 0 Å². The van der Waals surface area contributed by atoms with E-state index in [9.17, 15) is 9.90 Å². The summed E-state index contributed by atoms with van der Waals surface area (Å²) < 4.78 is 6.89. The van der Waals surface area contributed by atoms with Gasteiger partial charge in [0.15, 0.2) is 0 Å². The van der Waals surface area contributed by atoms with Gasteiger partial charge in [0.05, 0.1) is 36.0 Å². The van der Waals surface area contributed by atoms with Crippen molar-refractivity contribution in [2.75, 3.05) is 26.8 Å². The lowest BCUT2D eigenvalue weighted by atomic mass is 9.98. The number of ether oxygens (including phenoxy) is 1. The van der Waals surface area contributed by atoms with E-state index in [0.717, 1.165) is 28.1 Å². The molecule has 2 aliphatic rings. The minimum Gasteiger partial charge on any atom is -0.389 e. The maximum atomic E-state index is 13.5. The molecule has 0 radical (unpaired) electrons. The zero-order valence-corrected chi connectivity index (χ0v) is 17.9. The molecule has 0 spiro atoms. The Hall–Kier alpha value is -2.74. The number of rotatable bonds is 3. The third-order valence-corrected chi connectivity index (χ3v) is 6.23. The van der Waals surface area contributed by atoms with Crippen LogP contribution in [0.2, 0.25) is 5.15 Å². The molecule has 31 heavy (non-hydrogen) atoms. The zero-order valence-electron chi connectivity index (χ0n) is 17.2. The Kier molecular flexibility index (Phi) is 5.25. The Morgan fingerprint density at radius 3 is 2.94 bits per heavy atom. The summed E-state index contributed by atoms with van der Waals surface area (Å²) in [6.07, 6.45) is 8.01. The minimum absolute atomic E-state index is 0.137. The molecule has 7 nitrogen and oxygen atoms in total. The first-order chi connectivity index (χ1) is 15.0. The number of benzene rings is 1. The highest BCUT2D eigenvalue weighted by molar-refractivity contribution is 6.29. The second-order valence-electron chi connectivity index (χ2n) is 8.15. The van der Waals surface area contributed by atoms with Gasteiger partial charge in [0.2, 0.25) is 0 Å². The van der Waals surface area contributed by atoms with Crippen LogP contribution in [0.1, 0.15) is 23.6 Å². The summed E-state index contributed by atoms with van der Waals surface area (Å²) in [5.74, 6) is 0. The number of halogens is 1. The number of aliphatic hydroxyl groups is 1. The third-order valence-electron chi connectivity index (χ3n) is 6.01. The fraction of sp³-hybridized carbons (Fsp3) is 0.348. The van der Waals surface area contributed by atoms with Crippen LogP contribution in [0, 0.1) is 0 Å². The fourth-order valence-corrected chi connectivity index (χ4v) is 4.51. The van der Waals surface area contributed by atoms with Crippen LogP contribution in [0.3, 0.4) is 0 Å². The van der Waals surface area contributed by atoms with Gasteiger partial charge < -0.3 is 14.7 Å². The van der Waals surface area contributed by atoms with Crippen molar-refractivity contribution in [3.8, 4) is 0 Å². The summed E-state index contributed by atoms with van der Waals surface area (Å²) >= 11 is 5.94. The van der Waals surface area contributed by atoms with Gasteiger partial charge >= 0.3 is 0 Å². The minimum atomic E-state index is -0.725. The molecular formula is C23H23ClN4O3. The molecule has 0 amide bonds. The number of aliphatic hydroxyl groups excluding tert-OH is 1. The number of aromatic nitrogens is 3. The molecule has 1 saturated heterocycles. The van der Waals surface area contributed by atoms with E-state index in [1.165, 1.54) is 0 Å². The molecule has 1 aromatic carbocycles. The van der Waals surface area contributed by atoms with Crippen LogP contribution in [0.5, 0.6) is 0 Å². The predicted octanol–water partition coefficient (Wildman–Crippen LogP) is 0.822. The molecule has 0 bridgehead atoms. The van der Waals surface area contributed by atoms with E-state index in [0.29, 0.717) is 35.5 Å². The number of fused-ring (bicyclic) bond motifs is 3. The molecule has 8 heteroatoms. The Morgan fingerprint density at radius 2 is 2.16 bits per heavy atom. The first-order valence-corrected chi connectivity index (χ1v) is 10.7. The van der Waals surface area contributed by atoms with E-state index in [1.54, 1.807) is 23.2 Å². The first-order valence-electron chi connectivity index (χ1n) is 10.3. The van der Waals surface area contributed by atoms with Gasteiger partial charge in [0, 0.05) is 43.0 Å². The monoisotopic (exact) mass is 438 g/mol. The summed E-state index contributed by atoms with van der Waals surface area (Å²) in [5.41, 5.74) is 2.59. The summed E-state index contributed by atoms with van der Waals surface area (Å²) in [5, 5.41) is 13.4. The van der Waals surface area contributed by atoms with Crippen molar-refractivity contribution < 1.29 is 9.84 Å². The number of pyridine rings is 1. The van der Waals surface area contributed by atoms with Gasteiger partial charge in [-0.25, -0.2) is 9.97 Å². The van der Waals surface area contributed by atoms with E-state index < -0.39 is 6.10 Å². The van der Waals surface area contributed by atoms with Crippen LogP contribution in [-0.2, 0) is 11.2 Å². The zero-order chi connectivity index (χ0) is 21.5. The largest absolute Gasteiger partial charge is 0.389 e. The van der Waals surface area contributed by atoms with E-state index in [4.69, 9.17) is 16.3 Å². The summed E-state index contributed by atoms with van der Waals surface area (Å²) in [6, 6.07) is 5.32. The smallest absolute Gasteiger partial charge is 0.261 e. The van der Waals surface area contributed by atoms with Crippen molar-refractivity contribution in [3.05, 3.63) is 67.8 Å². The van der Waals surface area contributed by atoms with E-state index in [1.807, 2.05) is 19.2 Å². The predicted molar refractivity (Wildman–Crippen MR) is 119 cm³/mol. The highest BCUT2D eigenvalue weighted by Crippen LogP contribution is 2.20. The van der Waals surface area contributed by atoms with E-state index in [2.05, 4.69) is 27.1 Å². The van der Waals surface area contributed by atoms with Gasteiger partial charge in [-0.3, -0.25) is 9.36 Å². The maximum absolute atomic E-state index is 13.5. The number of hydrogen-bond acceptors (Lipinski definition) is 6. The third kappa shape index (κ3) is 3.73. The van der Waals surface area contributed by atoms with Crippen molar-refractivity contribution in [1.82, 2.24) is 19.4 Å². The van der Waals surface area contributed by atoms with Gasteiger partial charge in [0.25, 0.3) is 5.56 Å². The van der Waals surface area contributed by atoms with Crippen molar-refractivity contribution in [1.29, 1.82) is 0 Å². The molecule has 2 unspecified atom stereocenters. The number of hydrogen-bond donors (Lipinski definition) is 1. The van der Waals surface area contributed by atoms with Crippen LogP contribution >= 0.6 is 11.6 Å². The van der Waals surface area contributed by atoms with E-state index in [-0.39, 0.29) is 18.2 Å². The first kappa shape index (κ1) is 20.2. The average Bonchev–Trinajstić information content (AvgIpc) is 2.77. The highest BCUT2D eigenvalue weighted by atomic mass is 35.5. The molecule has 2 aromatic heterocycles. The average molecular weight is 439 g/mol. The van der Waals surface area contributed by atoms with Gasteiger partial charge in [-0.15, -0.1) is 0 Å². The van der Waals surface area contributed by atoms with Crippen molar-refractivity contribution in [2.24, 2.45) is 0 Å². The Bertz CT molecular complexity index is 1320. The quantitative estimate of drug-likeness (QED) is 0.610. The molecule has 5 rings (SSSR count). The Morgan fingerprint density at radius 1 is 1.29 bits per heavy atom. The lowest BCUT2D eigenvalue weighted by Gasteiger charge is -2.29. The van der Waals surface area contributed by atoms with Crippen LogP contribution in [0.15, 0.2) is 35.5 Å². The van der Waals surface area contributed by atoms with Gasteiger partial charge in [0.1, 0.15) is 5.15 Å². The molecule has 4 heterocycles. The highest BCUT2D eigenvalue weighted by Gasteiger charge is 2.27. The molecule has 1 N–H and O–H groups in total. The Balaban J connectivity index is 1.71. The SMILES string of the molecule is CN1C=c2c(Cc3ccc(Cl)nc3)cc3c(=O)n(C4CCOCC4O)cnc3c2=CC1. The lowest BCUT2D eigenvalue weighted by Crippen LogP contribution is -2.41. The van der Waals surface area contributed by atoms with Crippen LogP contribution in [-0.4, -0.2) is 57.5 Å². The second kappa shape index (κ2) is 8.07. The standard InChI is InChI=1S/C23H23ClN4O3/c1-27-6-4-16-18(11-27)15(8-14-2-3-21(24)25-10-14)9-17-22(16)26-13-28(23(17)30)19-5-7-31-12-20(19)29/h2-4,9-11,13,19-20,29H,5-8,12H2,1H3. The maximum Gasteiger partial charge on any atom is 0.261 e. The lowest BCUT2D eigenvalue weighted by molar-refractivity contribution is -0.0395. The topological polar surface area (TPSA) is 80.5 Å². The summed E-state index contributed by atoms with van der Waals surface area (Å²) in [6.45, 7) is 1.49. The normalized spacial score (nSPS) is 20.8. The van der Waals surface area contributed by atoms with Crippen molar-refractivity contribution in [3.63, 3.8) is 0 Å². The molecular weight excluding hydrogens is 416 g/mol. The van der Waals surface area contributed by atoms with Crippen LogP contribution in [0.4, 0.5) is 0 Å². The summed E-state index contributed by atoms with van der Waals surface area (Å²) in [7, 11) is 2.02. The van der Waals surface area contributed by atoms with Crippen LogP contribution < -0.4 is 16.0 Å². The molecule has 160 valence electrons. The molecule has 0 aliphatic carbocycles. The van der Waals surface area contributed by atoms with Crippen LogP contribution in [0.25, 0.3) is 23.2 Å². The molecule has 3 aromatic rings. The molecule has 2 aliphatic heterocycles. The summed E-state index contributed by atoms with van der Waals surface area (Å²) in [4.78, 5) is 24.4. The van der Waals surface area contributed by atoms with Gasteiger partial charge in [-0.05, 0) is 36.1 Å². The molecule has 0 saturated carbocycles.